The van der Waals surface area contributed by atoms with Gasteiger partial charge in [0.1, 0.15) is 18.9 Å². The summed E-state index contributed by atoms with van der Waals surface area (Å²) in [4.78, 5) is 45.4. The molecule has 44 heavy (non-hydrogen) atoms. The van der Waals surface area contributed by atoms with Crippen LogP contribution >= 0.6 is 0 Å². The van der Waals surface area contributed by atoms with Crippen LogP contribution in [0.2, 0.25) is 0 Å². The minimum absolute atomic E-state index is 0.0621. The van der Waals surface area contributed by atoms with E-state index in [-0.39, 0.29) is 49.6 Å². The Balaban J connectivity index is 1.50. The summed E-state index contributed by atoms with van der Waals surface area (Å²) < 4.78 is 11.0. The van der Waals surface area contributed by atoms with Gasteiger partial charge in [0.15, 0.2) is 11.6 Å². The minimum atomic E-state index is -0.909. The first kappa shape index (κ1) is 32.0. The second-order valence-corrected chi connectivity index (χ2v) is 10.7. The van der Waals surface area contributed by atoms with Gasteiger partial charge in [0.2, 0.25) is 5.91 Å². The molecule has 2 unspecified atom stereocenters. The highest BCUT2D eigenvalue weighted by Crippen LogP contribution is 2.23. The number of alkyl carbamates (subject to hydrolysis) is 1. The molecule has 10 nitrogen and oxygen atoms in total. The summed E-state index contributed by atoms with van der Waals surface area (Å²) in [7, 11) is 0. The zero-order valence-electron chi connectivity index (χ0n) is 24.9. The minimum Gasteiger partial charge on any atom is -0.448 e. The topological polar surface area (TPSA) is 134 Å². The van der Waals surface area contributed by atoms with Gasteiger partial charge < -0.3 is 29.8 Å². The summed E-state index contributed by atoms with van der Waals surface area (Å²) in [5.41, 5.74) is 2.28. The molecule has 3 amide bonds. The smallest absolute Gasteiger partial charge is 0.408 e. The van der Waals surface area contributed by atoms with Crippen molar-refractivity contribution < 1.29 is 28.6 Å². The monoisotopic (exact) mass is 598 g/mol. The van der Waals surface area contributed by atoms with Crippen molar-refractivity contribution in [2.75, 3.05) is 18.5 Å². The number of carbonyl (C=O) groups is 3. The summed E-state index contributed by atoms with van der Waals surface area (Å²) in [5, 5.41) is 16.0. The first-order chi connectivity index (χ1) is 21.3. The van der Waals surface area contributed by atoms with E-state index in [4.69, 9.17) is 9.15 Å². The maximum absolute atomic E-state index is 14.1. The molecule has 0 aliphatic rings. The van der Waals surface area contributed by atoms with E-state index < -0.39 is 24.1 Å². The Morgan fingerprint density at radius 3 is 2.20 bits per heavy atom. The lowest BCUT2D eigenvalue weighted by molar-refractivity contribution is -0.137. The number of oxazole rings is 1. The number of benzene rings is 3. The van der Waals surface area contributed by atoms with E-state index in [2.05, 4.69) is 15.6 Å². The van der Waals surface area contributed by atoms with Crippen LogP contribution in [0.5, 0.6) is 0 Å². The molecule has 230 valence electrons. The molecule has 1 heterocycles. The molecule has 10 heteroatoms. The number of para-hydroxylation sites is 1. The normalized spacial score (nSPS) is 12.3. The van der Waals surface area contributed by atoms with Crippen LogP contribution in [0.4, 0.5) is 10.5 Å². The van der Waals surface area contributed by atoms with Crippen LogP contribution < -0.4 is 10.6 Å². The molecule has 0 fully saturated rings. The quantitative estimate of drug-likeness (QED) is 0.178. The number of nitrogens with one attached hydrogen (secondary N) is 2. The van der Waals surface area contributed by atoms with Gasteiger partial charge in [0, 0.05) is 18.7 Å². The average Bonchev–Trinajstić information content (AvgIpc) is 3.52. The van der Waals surface area contributed by atoms with Gasteiger partial charge in [0.05, 0.1) is 12.6 Å². The third-order valence-corrected chi connectivity index (χ3v) is 6.91. The van der Waals surface area contributed by atoms with Gasteiger partial charge in [-0.05, 0) is 35.6 Å². The molecule has 0 spiro atoms. The van der Waals surface area contributed by atoms with Crippen LogP contribution in [-0.2, 0) is 22.6 Å². The summed E-state index contributed by atoms with van der Waals surface area (Å²) >= 11 is 0. The van der Waals surface area contributed by atoms with Gasteiger partial charge in [-0.3, -0.25) is 9.59 Å². The molecule has 3 N–H and O–H groups in total. The summed E-state index contributed by atoms with van der Waals surface area (Å²) in [5.74, 6) is -0.484. The number of anilines is 1. The molecule has 0 saturated carbocycles. The molecule has 0 aliphatic carbocycles. The largest absolute Gasteiger partial charge is 0.448 e. The van der Waals surface area contributed by atoms with Crippen molar-refractivity contribution in [3.8, 4) is 0 Å². The zero-order valence-corrected chi connectivity index (χ0v) is 24.9. The predicted octanol–water partition coefficient (Wildman–Crippen LogP) is 5.37. The van der Waals surface area contributed by atoms with Crippen LogP contribution in [0.3, 0.4) is 0 Å². The molecule has 4 aromatic rings. The fourth-order valence-electron chi connectivity index (χ4n) is 4.74. The maximum Gasteiger partial charge on any atom is 0.408 e. The lowest BCUT2D eigenvalue weighted by atomic mass is 10.00. The number of hydrogen-bond acceptors (Lipinski definition) is 7. The third kappa shape index (κ3) is 9.27. The molecule has 0 saturated heterocycles. The second kappa shape index (κ2) is 16.0. The van der Waals surface area contributed by atoms with Gasteiger partial charge in [0.25, 0.3) is 5.91 Å². The Labute approximate surface area is 257 Å². The van der Waals surface area contributed by atoms with Gasteiger partial charge >= 0.3 is 6.09 Å². The van der Waals surface area contributed by atoms with E-state index >= 15 is 0 Å². The van der Waals surface area contributed by atoms with E-state index in [0.717, 1.165) is 11.1 Å². The number of ether oxygens (including phenoxy) is 1. The van der Waals surface area contributed by atoms with Crippen molar-refractivity contribution in [3.63, 3.8) is 0 Å². The van der Waals surface area contributed by atoms with E-state index in [1.54, 1.807) is 12.1 Å². The van der Waals surface area contributed by atoms with Crippen LogP contribution in [-0.4, -0.2) is 52.1 Å². The Bertz CT molecular complexity index is 1480. The number of aliphatic hydroxyl groups excluding tert-OH is 1. The Morgan fingerprint density at radius 2 is 1.57 bits per heavy atom. The zero-order chi connectivity index (χ0) is 31.3. The Kier molecular flexibility index (Phi) is 11.7. The van der Waals surface area contributed by atoms with Crippen molar-refractivity contribution in [3.05, 3.63) is 120 Å². The molecule has 0 aliphatic heterocycles. The highest BCUT2D eigenvalue weighted by Gasteiger charge is 2.32. The van der Waals surface area contributed by atoms with E-state index in [0.29, 0.717) is 12.1 Å². The third-order valence-electron chi connectivity index (χ3n) is 6.91. The summed E-state index contributed by atoms with van der Waals surface area (Å²) in [6.45, 7) is 3.73. The highest BCUT2D eigenvalue weighted by atomic mass is 16.5. The number of nitrogens with zero attached hydrogens (tertiary/aromatic N) is 2. The maximum atomic E-state index is 14.1. The lowest BCUT2D eigenvalue weighted by Gasteiger charge is -2.34. The van der Waals surface area contributed by atoms with E-state index in [1.807, 2.05) is 92.7 Å². The summed E-state index contributed by atoms with van der Waals surface area (Å²) in [6.07, 6.45) is 1.08. The predicted molar refractivity (Wildman–Crippen MR) is 166 cm³/mol. The molecular weight excluding hydrogens is 560 g/mol. The number of rotatable bonds is 14. The molecule has 4 rings (SSSR count). The van der Waals surface area contributed by atoms with Crippen molar-refractivity contribution in [1.82, 2.24) is 15.2 Å². The second-order valence-electron chi connectivity index (χ2n) is 10.7. The Morgan fingerprint density at radius 1 is 0.932 bits per heavy atom. The number of aromatic nitrogens is 1. The van der Waals surface area contributed by atoms with Crippen molar-refractivity contribution in [2.24, 2.45) is 5.92 Å². The molecular formula is C34H38N4O6. The number of aliphatic hydroxyl groups is 1. The first-order valence-corrected chi connectivity index (χ1v) is 14.6. The van der Waals surface area contributed by atoms with Crippen LogP contribution in [0.25, 0.3) is 0 Å². The number of carbonyl (C=O) groups excluding carboxylic acids is 3. The molecule has 1 aromatic heterocycles. The SMILES string of the molecule is CC(C)CC(NC(=O)OCc1ccccc1)C(=O)N(CCc1nc(C(=O)Nc2ccccc2)co1)C(CO)c1ccccc1. The molecule has 0 radical (unpaired) electrons. The van der Waals surface area contributed by atoms with Crippen molar-refractivity contribution >= 4 is 23.6 Å². The van der Waals surface area contributed by atoms with Crippen molar-refractivity contribution in [2.45, 2.75) is 45.4 Å². The Hall–Kier alpha value is -4.96. The summed E-state index contributed by atoms with van der Waals surface area (Å²) in [6, 6.07) is 25.8. The van der Waals surface area contributed by atoms with Gasteiger partial charge in [-0.25, -0.2) is 9.78 Å². The van der Waals surface area contributed by atoms with Crippen LogP contribution in [0, 0.1) is 5.92 Å². The van der Waals surface area contributed by atoms with E-state index in [1.165, 1.54) is 11.2 Å². The standard InChI is InChI=1S/C34H38N4O6/c1-24(2)20-28(37-34(42)44-22-25-12-6-3-7-13-25)33(41)38(30(21-39)26-14-8-4-9-15-26)19-18-31-36-29(23-43-31)32(40)35-27-16-10-5-11-17-27/h3-17,23-24,28,30,39H,18-22H2,1-2H3,(H,35,40)(H,37,42). The fraction of sp³-hybridized carbons (Fsp3) is 0.294. The number of amides is 3. The van der Waals surface area contributed by atoms with Gasteiger partial charge in [-0.15, -0.1) is 0 Å². The van der Waals surface area contributed by atoms with Gasteiger partial charge in [-0.2, -0.15) is 0 Å². The average molecular weight is 599 g/mol. The highest BCUT2D eigenvalue weighted by molar-refractivity contribution is 6.02. The first-order valence-electron chi connectivity index (χ1n) is 14.6. The number of hydrogen-bond donors (Lipinski definition) is 3. The van der Waals surface area contributed by atoms with Crippen LogP contribution in [0.15, 0.2) is 102 Å². The molecule has 3 aromatic carbocycles. The molecule has 2 atom stereocenters. The molecule has 0 bridgehead atoms. The fourth-order valence-corrected chi connectivity index (χ4v) is 4.74. The van der Waals surface area contributed by atoms with Crippen LogP contribution in [0.1, 0.15) is 53.8 Å². The van der Waals surface area contributed by atoms with E-state index in [9.17, 15) is 19.5 Å². The van der Waals surface area contributed by atoms with Gasteiger partial charge in [-0.1, -0.05) is 92.7 Å². The lowest BCUT2D eigenvalue weighted by Crippen LogP contribution is -2.51. The van der Waals surface area contributed by atoms with Crippen molar-refractivity contribution in [1.29, 1.82) is 0 Å².